The number of imidazole rings is 2. The van der Waals surface area contributed by atoms with Gasteiger partial charge in [-0.1, -0.05) is 12.1 Å². The second-order valence-corrected chi connectivity index (χ2v) is 6.87. The molecule has 0 saturated carbocycles. The lowest BCUT2D eigenvalue weighted by molar-refractivity contribution is -0.897. The molecule has 0 unspecified atom stereocenters. The number of benzene rings is 2. The number of aromatic nitrogens is 3. The molecular formula is C22H27N4O+. The average Bonchev–Trinajstić information content (AvgIpc) is 3.27. The largest absolute Gasteiger partial charge is 0.497 e. The topological polar surface area (TPSA) is 35.9 Å². The Labute approximate surface area is 159 Å². The van der Waals surface area contributed by atoms with E-state index in [0.29, 0.717) is 0 Å². The van der Waals surface area contributed by atoms with Gasteiger partial charge in [-0.15, -0.1) is 0 Å². The van der Waals surface area contributed by atoms with E-state index in [9.17, 15) is 0 Å². The number of quaternary nitrogens is 1. The van der Waals surface area contributed by atoms with Gasteiger partial charge in [-0.05, 0) is 50.2 Å². The van der Waals surface area contributed by atoms with Crippen LogP contribution in [-0.4, -0.2) is 40.7 Å². The second kappa shape index (κ2) is 7.45. The zero-order valence-electron chi connectivity index (χ0n) is 16.3. The van der Waals surface area contributed by atoms with Crippen LogP contribution in [0.4, 0.5) is 0 Å². The number of nitrogens with zero attached hydrogens (tertiary/aromatic N) is 3. The summed E-state index contributed by atoms with van der Waals surface area (Å²) in [6.45, 7) is 8.87. The van der Waals surface area contributed by atoms with Crippen LogP contribution in [0.25, 0.3) is 28.1 Å². The van der Waals surface area contributed by atoms with Gasteiger partial charge in [-0.3, -0.25) is 4.40 Å². The van der Waals surface area contributed by atoms with E-state index in [1.807, 2.05) is 12.1 Å². The molecule has 0 fully saturated rings. The summed E-state index contributed by atoms with van der Waals surface area (Å²) in [5.41, 5.74) is 4.54. The maximum Gasteiger partial charge on any atom is 0.215 e. The zero-order valence-corrected chi connectivity index (χ0v) is 16.3. The van der Waals surface area contributed by atoms with Crippen LogP contribution in [0.3, 0.4) is 0 Å². The highest BCUT2D eigenvalue weighted by atomic mass is 16.5. The van der Waals surface area contributed by atoms with Gasteiger partial charge in [0.1, 0.15) is 5.75 Å². The third-order valence-corrected chi connectivity index (χ3v) is 5.44. The lowest BCUT2D eigenvalue weighted by Crippen LogP contribution is -3.11. The highest BCUT2D eigenvalue weighted by Gasteiger charge is 2.15. The standard InChI is InChI=1S/C22H26N4O/c1-4-24(5-2)14-15-25-20-8-6-7-9-21(20)26-16-19(23-22(25)26)17-10-12-18(27-3)13-11-17/h6-13,16H,4-5,14-15H2,1-3H3/p+1. The van der Waals surface area contributed by atoms with Crippen LogP contribution in [0.5, 0.6) is 5.75 Å². The first-order valence-electron chi connectivity index (χ1n) is 9.69. The molecule has 1 N–H and O–H groups in total. The quantitative estimate of drug-likeness (QED) is 0.548. The molecule has 5 nitrogen and oxygen atoms in total. The number of hydrogen-bond acceptors (Lipinski definition) is 2. The summed E-state index contributed by atoms with van der Waals surface area (Å²) in [7, 11) is 1.69. The van der Waals surface area contributed by atoms with Gasteiger partial charge in [0, 0.05) is 11.8 Å². The fourth-order valence-electron chi connectivity index (χ4n) is 3.74. The van der Waals surface area contributed by atoms with Gasteiger partial charge in [-0.25, -0.2) is 4.98 Å². The first kappa shape index (κ1) is 17.6. The number of rotatable bonds is 7. The summed E-state index contributed by atoms with van der Waals surface area (Å²) < 4.78 is 9.84. The zero-order chi connectivity index (χ0) is 18.8. The second-order valence-electron chi connectivity index (χ2n) is 6.87. The molecule has 0 bridgehead atoms. The lowest BCUT2D eigenvalue weighted by atomic mass is 10.2. The average molecular weight is 363 g/mol. The molecule has 4 rings (SSSR count). The Morgan fingerprint density at radius 3 is 2.33 bits per heavy atom. The number of methoxy groups -OCH3 is 1. The molecule has 2 aromatic heterocycles. The van der Waals surface area contributed by atoms with Crippen LogP contribution >= 0.6 is 0 Å². The summed E-state index contributed by atoms with van der Waals surface area (Å²) in [6.07, 6.45) is 2.14. The van der Waals surface area contributed by atoms with Crippen molar-refractivity contribution in [3.05, 3.63) is 54.7 Å². The fraction of sp³-hybridized carbons (Fsp3) is 0.318. The number of para-hydroxylation sites is 2. The van der Waals surface area contributed by atoms with E-state index in [1.165, 1.54) is 11.0 Å². The summed E-state index contributed by atoms with van der Waals surface area (Å²) in [5, 5.41) is 0. The van der Waals surface area contributed by atoms with E-state index in [-0.39, 0.29) is 0 Å². The number of hydrogen-bond donors (Lipinski definition) is 1. The van der Waals surface area contributed by atoms with Gasteiger partial charge < -0.3 is 14.2 Å². The normalized spacial score (nSPS) is 11.7. The van der Waals surface area contributed by atoms with E-state index >= 15 is 0 Å². The molecule has 0 atom stereocenters. The third-order valence-electron chi connectivity index (χ3n) is 5.44. The maximum atomic E-state index is 5.27. The van der Waals surface area contributed by atoms with E-state index in [2.05, 4.69) is 65.4 Å². The molecule has 0 aliphatic rings. The van der Waals surface area contributed by atoms with Gasteiger partial charge in [0.05, 0.1) is 50.0 Å². The van der Waals surface area contributed by atoms with E-state index in [1.54, 1.807) is 12.0 Å². The van der Waals surface area contributed by atoms with E-state index < -0.39 is 0 Å². The third kappa shape index (κ3) is 3.19. The molecule has 4 aromatic rings. The number of likely N-dealkylation sites (N-methyl/N-ethyl adjacent to an activating group) is 1. The van der Waals surface area contributed by atoms with Crippen LogP contribution in [0.1, 0.15) is 13.8 Å². The van der Waals surface area contributed by atoms with Crippen molar-refractivity contribution in [2.75, 3.05) is 26.7 Å². The maximum absolute atomic E-state index is 5.27. The first-order valence-corrected chi connectivity index (χ1v) is 9.69. The van der Waals surface area contributed by atoms with Crippen molar-refractivity contribution in [1.29, 1.82) is 0 Å². The smallest absolute Gasteiger partial charge is 0.215 e. The summed E-state index contributed by atoms with van der Waals surface area (Å²) >= 11 is 0. The summed E-state index contributed by atoms with van der Waals surface area (Å²) in [6, 6.07) is 16.6. The van der Waals surface area contributed by atoms with Crippen molar-refractivity contribution < 1.29 is 9.64 Å². The van der Waals surface area contributed by atoms with Crippen molar-refractivity contribution in [3.8, 4) is 17.0 Å². The molecule has 140 valence electrons. The molecule has 0 radical (unpaired) electrons. The van der Waals surface area contributed by atoms with Crippen molar-refractivity contribution >= 4 is 16.8 Å². The van der Waals surface area contributed by atoms with Crippen LogP contribution in [0.2, 0.25) is 0 Å². The highest BCUT2D eigenvalue weighted by molar-refractivity contribution is 5.82. The molecule has 2 heterocycles. The molecule has 5 heteroatoms. The van der Waals surface area contributed by atoms with Gasteiger partial charge in [0.25, 0.3) is 0 Å². The Kier molecular flexibility index (Phi) is 4.86. The predicted molar refractivity (Wildman–Crippen MR) is 110 cm³/mol. The number of ether oxygens (including phenoxy) is 1. The summed E-state index contributed by atoms with van der Waals surface area (Å²) in [4.78, 5) is 6.59. The van der Waals surface area contributed by atoms with Crippen molar-refractivity contribution in [1.82, 2.24) is 14.0 Å². The molecule has 0 aliphatic carbocycles. The minimum Gasteiger partial charge on any atom is -0.497 e. The van der Waals surface area contributed by atoms with Crippen LogP contribution in [-0.2, 0) is 6.54 Å². The van der Waals surface area contributed by atoms with Gasteiger partial charge >= 0.3 is 0 Å². The Balaban J connectivity index is 1.78. The lowest BCUT2D eigenvalue weighted by Gasteiger charge is -2.15. The van der Waals surface area contributed by atoms with E-state index in [4.69, 9.17) is 9.72 Å². The monoisotopic (exact) mass is 363 g/mol. The minimum absolute atomic E-state index is 0.861. The van der Waals surface area contributed by atoms with Crippen LogP contribution in [0.15, 0.2) is 54.7 Å². The van der Waals surface area contributed by atoms with Crippen molar-refractivity contribution in [2.45, 2.75) is 20.4 Å². The molecule has 2 aromatic carbocycles. The molecular weight excluding hydrogens is 336 g/mol. The molecule has 0 spiro atoms. The Hall–Kier alpha value is -2.79. The molecule has 0 amide bonds. The van der Waals surface area contributed by atoms with Crippen LogP contribution < -0.4 is 9.64 Å². The van der Waals surface area contributed by atoms with E-state index in [0.717, 1.165) is 49.0 Å². The van der Waals surface area contributed by atoms with Crippen LogP contribution in [0, 0.1) is 0 Å². The predicted octanol–water partition coefficient (Wildman–Crippen LogP) is 2.89. The number of nitrogens with one attached hydrogen (secondary N) is 1. The number of fused-ring (bicyclic) bond motifs is 3. The van der Waals surface area contributed by atoms with Gasteiger partial charge in [0.2, 0.25) is 5.78 Å². The fourth-order valence-corrected chi connectivity index (χ4v) is 3.74. The molecule has 0 aliphatic heterocycles. The SMILES string of the molecule is CC[NH+](CC)CCn1c2ccccc2n2cc(-c3ccc(OC)cc3)nc12. The first-order chi connectivity index (χ1) is 13.2. The highest BCUT2D eigenvalue weighted by Crippen LogP contribution is 2.26. The summed E-state index contributed by atoms with van der Waals surface area (Å²) in [5.74, 6) is 1.87. The van der Waals surface area contributed by atoms with Gasteiger partial charge in [-0.2, -0.15) is 0 Å². The molecule has 27 heavy (non-hydrogen) atoms. The van der Waals surface area contributed by atoms with Crippen molar-refractivity contribution in [3.63, 3.8) is 0 Å². The van der Waals surface area contributed by atoms with Gasteiger partial charge in [0.15, 0.2) is 0 Å². The minimum atomic E-state index is 0.861. The Morgan fingerprint density at radius 1 is 0.963 bits per heavy atom. The Morgan fingerprint density at radius 2 is 1.67 bits per heavy atom. The molecule has 0 saturated heterocycles. The van der Waals surface area contributed by atoms with Crippen molar-refractivity contribution in [2.24, 2.45) is 0 Å². The Bertz CT molecular complexity index is 1040.